The largest absolute Gasteiger partial charge is 0.457 e. The summed E-state index contributed by atoms with van der Waals surface area (Å²) in [6.45, 7) is 15.6. The van der Waals surface area contributed by atoms with E-state index in [4.69, 9.17) is 14.0 Å². The van der Waals surface area contributed by atoms with Crippen LogP contribution >= 0.6 is 0 Å². The molecule has 1 fully saturated rings. The first-order valence-electron chi connectivity index (χ1n) is 7.67. The van der Waals surface area contributed by atoms with Crippen LogP contribution in [0.5, 0.6) is 0 Å². The molecule has 0 aromatic carbocycles. The van der Waals surface area contributed by atoms with Crippen LogP contribution in [-0.4, -0.2) is 36.1 Å². The Labute approximate surface area is 129 Å². The molecule has 6 heteroatoms. The molecule has 5 nitrogen and oxygen atoms in total. The lowest BCUT2D eigenvalue weighted by Gasteiger charge is -2.32. The summed E-state index contributed by atoms with van der Waals surface area (Å²) in [5.41, 5.74) is -1.09. The van der Waals surface area contributed by atoms with Gasteiger partial charge >= 0.3 is 13.2 Å². The first-order valence-corrected chi connectivity index (χ1v) is 7.67. The van der Waals surface area contributed by atoms with Gasteiger partial charge < -0.3 is 19.4 Å². The van der Waals surface area contributed by atoms with Gasteiger partial charge in [-0.25, -0.2) is 4.79 Å². The molecule has 1 saturated heterocycles. The molecule has 0 aromatic heterocycles. The Morgan fingerprint density at radius 1 is 1.19 bits per heavy atom. The molecule has 1 atom stereocenters. The van der Waals surface area contributed by atoms with Crippen molar-refractivity contribution in [1.82, 2.24) is 5.32 Å². The van der Waals surface area contributed by atoms with E-state index in [1.165, 1.54) is 0 Å². The first-order chi connectivity index (χ1) is 9.32. The molecule has 21 heavy (non-hydrogen) atoms. The molecular weight excluding hydrogens is 269 g/mol. The number of nitrogens with one attached hydrogen (secondary N) is 1. The van der Waals surface area contributed by atoms with Crippen molar-refractivity contribution in [3.63, 3.8) is 0 Å². The summed E-state index contributed by atoms with van der Waals surface area (Å²) >= 11 is 0. The van der Waals surface area contributed by atoms with Gasteiger partial charge in [0.25, 0.3) is 0 Å². The zero-order valence-corrected chi connectivity index (χ0v) is 14.7. The number of hydrogen-bond acceptors (Lipinski definition) is 4. The van der Waals surface area contributed by atoms with Gasteiger partial charge in [0.05, 0.1) is 11.2 Å². The highest BCUT2D eigenvalue weighted by atomic mass is 16.7. The average molecular weight is 299 g/mol. The molecule has 122 valence electrons. The Bertz CT molecular complexity index is 360. The van der Waals surface area contributed by atoms with E-state index in [-0.39, 0.29) is 30.5 Å². The lowest BCUT2D eigenvalue weighted by Crippen LogP contribution is -2.41. The van der Waals surface area contributed by atoms with Crippen molar-refractivity contribution in [1.29, 1.82) is 0 Å². The van der Waals surface area contributed by atoms with Crippen LogP contribution < -0.4 is 5.32 Å². The third kappa shape index (κ3) is 5.51. The highest BCUT2D eigenvalue weighted by Gasteiger charge is 2.50. The van der Waals surface area contributed by atoms with Gasteiger partial charge in [-0.3, -0.25) is 0 Å². The van der Waals surface area contributed by atoms with Crippen molar-refractivity contribution in [2.75, 3.05) is 0 Å². The van der Waals surface area contributed by atoms with Crippen molar-refractivity contribution in [3.8, 4) is 0 Å². The number of carbonyl (C=O) groups excluding carboxylic acids is 1. The van der Waals surface area contributed by atoms with Gasteiger partial charge in [-0.2, -0.15) is 0 Å². The molecule has 1 N–H and O–H groups in total. The maximum Gasteiger partial charge on any atom is 0.457 e. The van der Waals surface area contributed by atoms with Gasteiger partial charge in [0.2, 0.25) is 0 Å². The van der Waals surface area contributed by atoms with Crippen molar-refractivity contribution < 1.29 is 18.8 Å². The fraction of sp³-hybridized carbons (Fsp3) is 0.933. The lowest BCUT2D eigenvalue weighted by molar-refractivity contribution is 0.00578. The van der Waals surface area contributed by atoms with Crippen LogP contribution in [0, 0.1) is 0 Å². The van der Waals surface area contributed by atoms with Crippen LogP contribution in [0.1, 0.15) is 61.8 Å². The zero-order valence-electron chi connectivity index (χ0n) is 14.7. The standard InChI is InChI=1S/C15H30BNO4/c1-11(17-12(18)19-13(2,3)4)9-10-16-20-14(5,6)15(7,8)21-16/h11H,9-10H2,1-8H3,(H,17,18)/t11-/m1/s1. The van der Waals surface area contributed by atoms with Crippen LogP contribution in [0.3, 0.4) is 0 Å². The van der Waals surface area contributed by atoms with E-state index in [0.29, 0.717) is 0 Å². The molecule has 0 aliphatic carbocycles. The second kappa shape index (κ2) is 6.17. The number of carbonyl (C=O) groups is 1. The predicted octanol–water partition coefficient (Wildman–Crippen LogP) is 3.38. The third-order valence-corrected chi connectivity index (χ3v) is 3.90. The van der Waals surface area contributed by atoms with E-state index in [0.717, 1.165) is 12.7 Å². The van der Waals surface area contributed by atoms with Crippen molar-refractivity contribution in [2.24, 2.45) is 0 Å². The molecule has 1 heterocycles. The van der Waals surface area contributed by atoms with E-state index in [9.17, 15) is 4.79 Å². The van der Waals surface area contributed by atoms with E-state index in [1.54, 1.807) is 0 Å². The molecule has 0 unspecified atom stereocenters. The number of rotatable bonds is 4. The summed E-state index contributed by atoms with van der Waals surface area (Å²) in [4.78, 5) is 11.7. The van der Waals surface area contributed by atoms with Gasteiger partial charge in [0.1, 0.15) is 5.60 Å². The maximum absolute atomic E-state index is 11.7. The van der Waals surface area contributed by atoms with Crippen LogP contribution in [0.4, 0.5) is 4.79 Å². The Morgan fingerprint density at radius 3 is 2.10 bits per heavy atom. The highest BCUT2D eigenvalue weighted by Crippen LogP contribution is 2.38. The van der Waals surface area contributed by atoms with Crippen LogP contribution in [0.25, 0.3) is 0 Å². The number of alkyl carbamates (subject to hydrolysis) is 1. The van der Waals surface area contributed by atoms with Crippen LogP contribution in [0.15, 0.2) is 0 Å². The topological polar surface area (TPSA) is 56.8 Å². The molecule has 1 rings (SSSR count). The Morgan fingerprint density at radius 2 is 1.67 bits per heavy atom. The Balaban J connectivity index is 2.35. The highest BCUT2D eigenvalue weighted by molar-refractivity contribution is 6.45. The maximum atomic E-state index is 11.7. The molecule has 1 amide bonds. The first kappa shape index (κ1) is 18.3. The monoisotopic (exact) mass is 299 g/mol. The SMILES string of the molecule is C[C@H](CCB1OC(C)(C)C(C)(C)O1)NC(=O)OC(C)(C)C. The number of ether oxygens (including phenoxy) is 1. The fourth-order valence-electron chi connectivity index (χ4n) is 2.05. The molecule has 0 radical (unpaired) electrons. The van der Waals surface area contributed by atoms with Crippen LogP contribution in [0.2, 0.25) is 6.32 Å². The van der Waals surface area contributed by atoms with E-state index in [2.05, 4.69) is 5.32 Å². The van der Waals surface area contributed by atoms with Gasteiger partial charge in [0, 0.05) is 6.04 Å². The summed E-state index contributed by atoms with van der Waals surface area (Å²) in [6.07, 6.45) is 1.13. The summed E-state index contributed by atoms with van der Waals surface area (Å²) in [7, 11) is -0.224. The van der Waals surface area contributed by atoms with Gasteiger partial charge in [-0.05, 0) is 68.1 Å². The number of amides is 1. The molecular formula is C15H30BNO4. The molecule has 0 spiro atoms. The summed E-state index contributed by atoms with van der Waals surface area (Å²) in [5.74, 6) is 0. The summed E-state index contributed by atoms with van der Waals surface area (Å²) < 4.78 is 17.1. The van der Waals surface area contributed by atoms with Crippen molar-refractivity contribution in [3.05, 3.63) is 0 Å². The Kier molecular flexibility index (Phi) is 5.38. The van der Waals surface area contributed by atoms with Gasteiger partial charge in [-0.1, -0.05) is 0 Å². The normalized spacial score (nSPS) is 22.0. The molecule has 0 saturated carbocycles. The van der Waals surface area contributed by atoms with Gasteiger partial charge in [0.15, 0.2) is 0 Å². The smallest absolute Gasteiger partial charge is 0.444 e. The molecule has 0 aromatic rings. The van der Waals surface area contributed by atoms with Crippen molar-refractivity contribution in [2.45, 2.75) is 91.0 Å². The average Bonchev–Trinajstić information content (AvgIpc) is 2.41. The molecule has 1 aliphatic rings. The zero-order chi connectivity index (χ0) is 16.5. The quantitative estimate of drug-likeness (QED) is 0.808. The van der Waals surface area contributed by atoms with Crippen molar-refractivity contribution >= 4 is 13.2 Å². The number of hydrogen-bond donors (Lipinski definition) is 1. The minimum atomic E-state index is -0.477. The summed E-state index contributed by atoms with van der Waals surface area (Å²) in [6, 6.07) is 0.0128. The van der Waals surface area contributed by atoms with Crippen LogP contribution in [-0.2, 0) is 14.0 Å². The second-order valence-electron chi connectivity index (χ2n) is 7.81. The molecule has 0 bridgehead atoms. The predicted molar refractivity (Wildman–Crippen MR) is 84.3 cm³/mol. The summed E-state index contributed by atoms with van der Waals surface area (Å²) in [5, 5.41) is 2.83. The minimum Gasteiger partial charge on any atom is -0.444 e. The third-order valence-electron chi connectivity index (χ3n) is 3.90. The fourth-order valence-corrected chi connectivity index (χ4v) is 2.05. The van der Waals surface area contributed by atoms with Gasteiger partial charge in [-0.15, -0.1) is 0 Å². The Hall–Kier alpha value is -0.745. The van der Waals surface area contributed by atoms with E-state index >= 15 is 0 Å². The minimum absolute atomic E-state index is 0.0128. The molecule has 1 aliphatic heterocycles. The van der Waals surface area contributed by atoms with E-state index in [1.807, 2.05) is 55.4 Å². The van der Waals surface area contributed by atoms with E-state index < -0.39 is 5.60 Å². The lowest BCUT2D eigenvalue weighted by atomic mass is 9.81. The second-order valence-corrected chi connectivity index (χ2v) is 7.81.